The third-order valence-corrected chi connectivity index (χ3v) is 5.23. The summed E-state index contributed by atoms with van der Waals surface area (Å²) in [5.74, 6) is -0.0708. The van der Waals surface area contributed by atoms with Crippen molar-refractivity contribution in [3.63, 3.8) is 0 Å². The second-order valence-electron chi connectivity index (χ2n) is 7.68. The predicted octanol–water partition coefficient (Wildman–Crippen LogP) is 6.82. The van der Waals surface area contributed by atoms with E-state index < -0.39 is 6.10 Å². The summed E-state index contributed by atoms with van der Waals surface area (Å²) in [5, 5.41) is 0. The maximum Gasteiger partial charge on any atom is 0.306 e. The first-order valence-electron chi connectivity index (χ1n) is 11.7. The smallest absolute Gasteiger partial charge is 0.306 e. The van der Waals surface area contributed by atoms with E-state index in [0.29, 0.717) is 18.6 Å². The van der Waals surface area contributed by atoms with Gasteiger partial charge < -0.3 is 9.47 Å². The van der Waals surface area contributed by atoms with Crippen LogP contribution in [0, 0.1) is 0 Å². The lowest BCUT2D eigenvalue weighted by molar-refractivity contribution is -0.157. The van der Waals surface area contributed by atoms with E-state index in [4.69, 9.17) is 9.47 Å². The molecule has 0 N–H and O–H groups in total. The molecule has 170 valence electrons. The fourth-order valence-electron chi connectivity index (χ4n) is 3.02. The second kappa shape index (κ2) is 21.7. The maximum absolute atomic E-state index is 12.0. The number of carbonyl (C=O) groups excluding carboxylic acids is 2. The molecular formula is C24H44O4S. The molecule has 0 radical (unpaired) electrons. The summed E-state index contributed by atoms with van der Waals surface area (Å²) in [7, 11) is 0. The summed E-state index contributed by atoms with van der Waals surface area (Å²) >= 11 is 4.20. The Bertz CT molecular complexity index is 423. The molecule has 1 atom stereocenters. The van der Waals surface area contributed by atoms with E-state index >= 15 is 0 Å². The molecule has 0 aliphatic rings. The largest absolute Gasteiger partial charge is 0.462 e. The molecule has 0 rings (SSSR count). The van der Waals surface area contributed by atoms with Gasteiger partial charge in [0.15, 0.2) is 0 Å². The van der Waals surface area contributed by atoms with Crippen LogP contribution < -0.4 is 0 Å². The van der Waals surface area contributed by atoms with Gasteiger partial charge in [-0.25, -0.2) is 0 Å². The van der Waals surface area contributed by atoms with Gasteiger partial charge in [-0.15, -0.1) is 0 Å². The van der Waals surface area contributed by atoms with E-state index in [1.165, 1.54) is 38.5 Å². The monoisotopic (exact) mass is 428 g/mol. The van der Waals surface area contributed by atoms with Gasteiger partial charge in [0.1, 0.15) is 12.7 Å². The third-order valence-electron chi connectivity index (χ3n) is 4.82. The number of carbonyl (C=O) groups is 2. The van der Waals surface area contributed by atoms with Crippen LogP contribution in [0.1, 0.15) is 110 Å². The Hall–Kier alpha value is -0.970. The molecule has 0 bridgehead atoms. The fourth-order valence-corrected chi connectivity index (χ4v) is 3.20. The SMILES string of the molecule is CC/C=C\CCCCCCCCCC(=O)O[C@@H](CS)COC(=O)CCCCCC. The summed E-state index contributed by atoms with van der Waals surface area (Å²) in [6.45, 7) is 4.41. The van der Waals surface area contributed by atoms with Crippen molar-refractivity contribution in [1.29, 1.82) is 0 Å². The van der Waals surface area contributed by atoms with Gasteiger partial charge in [-0.3, -0.25) is 9.59 Å². The van der Waals surface area contributed by atoms with Gasteiger partial charge in [-0.2, -0.15) is 12.6 Å². The van der Waals surface area contributed by atoms with Crippen molar-refractivity contribution in [1.82, 2.24) is 0 Å². The molecule has 5 heteroatoms. The number of hydrogen-bond acceptors (Lipinski definition) is 5. The first-order valence-corrected chi connectivity index (χ1v) is 12.4. The number of ether oxygens (including phenoxy) is 2. The second-order valence-corrected chi connectivity index (χ2v) is 8.05. The van der Waals surface area contributed by atoms with Crippen LogP contribution in [0.15, 0.2) is 12.2 Å². The van der Waals surface area contributed by atoms with Gasteiger partial charge in [-0.1, -0.05) is 77.4 Å². The van der Waals surface area contributed by atoms with Crippen LogP contribution in [-0.4, -0.2) is 30.4 Å². The predicted molar refractivity (Wildman–Crippen MR) is 124 cm³/mol. The molecule has 0 spiro atoms. The first kappa shape index (κ1) is 28.0. The third kappa shape index (κ3) is 20.1. The van der Waals surface area contributed by atoms with E-state index in [1.807, 2.05) is 0 Å². The van der Waals surface area contributed by atoms with Crippen molar-refractivity contribution in [2.75, 3.05) is 12.4 Å². The van der Waals surface area contributed by atoms with Gasteiger partial charge in [-0.05, 0) is 32.1 Å². The van der Waals surface area contributed by atoms with Crippen LogP contribution in [0.3, 0.4) is 0 Å². The molecule has 0 saturated carbocycles. The van der Waals surface area contributed by atoms with Crippen LogP contribution in [0.5, 0.6) is 0 Å². The Morgan fingerprint density at radius 3 is 2.00 bits per heavy atom. The molecular weight excluding hydrogens is 384 g/mol. The quantitative estimate of drug-likeness (QED) is 0.100. The van der Waals surface area contributed by atoms with E-state index in [0.717, 1.165) is 44.9 Å². The van der Waals surface area contributed by atoms with Gasteiger partial charge in [0.2, 0.25) is 0 Å². The molecule has 4 nitrogen and oxygen atoms in total. The average Bonchev–Trinajstić information content (AvgIpc) is 2.72. The molecule has 0 aromatic carbocycles. The van der Waals surface area contributed by atoms with Gasteiger partial charge in [0, 0.05) is 18.6 Å². The van der Waals surface area contributed by atoms with Crippen LogP contribution in [-0.2, 0) is 19.1 Å². The van der Waals surface area contributed by atoms with Crippen LogP contribution in [0.4, 0.5) is 0 Å². The minimum atomic E-state index is -0.452. The number of esters is 2. The molecule has 0 aliphatic heterocycles. The lowest BCUT2D eigenvalue weighted by atomic mass is 10.1. The van der Waals surface area contributed by atoms with Crippen LogP contribution >= 0.6 is 12.6 Å². The number of hydrogen-bond donors (Lipinski definition) is 1. The van der Waals surface area contributed by atoms with Crippen molar-refractivity contribution < 1.29 is 19.1 Å². The average molecular weight is 429 g/mol. The van der Waals surface area contributed by atoms with E-state index in [-0.39, 0.29) is 18.5 Å². The Kier molecular flexibility index (Phi) is 21.0. The summed E-state index contributed by atoms with van der Waals surface area (Å²) in [6.07, 6.45) is 19.6. The van der Waals surface area contributed by atoms with Crippen molar-refractivity contribution >= 4 is 24.6 Å². The topological polar surface area (TPSA) is 52.6 Å². The molecule has 0 aliphatic carbocycles. The minimum absolute atomic E-state index is 0.106. The molecule has 0 aromatic rings. The molecule has 29 heavy (non-hydrogen) atoms. The fraction of sp³-hybridized carbons (Fsp3) is 0.833. The van der Waals surface area contributed by atoms with Crippen molar-refractivity contribution in [3.8, 4) is 0 Å². The number of allylic oxidation sites excluding steroid dienone is 2. The van der Waals surface area contributed by atoms with Crippen molar-refractivity contribution in [2.45, 2.75) is 116 Å². The minimum Gasteiger partial charge on any atom is -0.462 e. The number of thiol groups is 1. The van der Waals surface area contributed by atoms with E-state index in [2.05, 4.69) is 38.6 Å². The highest BCUT2D eigenvalue weighted by atomic mass is 32.1. The molecule has 0 saturated heterocycles. The summed E-state index contributed by atoms with van der Waals surface area (Å²) in [6, 6.07) is 0. The number of rotatable bonds is 20. The highest BCUT2D eigenvalue weighted by molar-refractivity contribution is 7.80. The maximum atomic E-state index is 12.0. The van der Waals surface area contributed by atoms with Crippen molar-refractivity contribution in [3.05, 3.63) is 12.2 Å². The lowest BCUT2D eigenvalue weighted by Crippen LogP contribution is -2.26. The van der Waals surface area contributed by atoms with Gasteiger partial charge >= 0.3 is 11.9 Å². The lowest BCUT2D eigenvalue weighted by Gasteiger charge is -2.16. The highest BCUT2D eigenvalue weighted by Gasteiger charge is 2.15. The van der Waals surface area contributed by atoms with Crippen molar-refractivity contribution in [2.24, 2.45) is 0 Å². The van der Waals surface area contributed by atoms with Crippen LogP contribution in [0.25, 0.3) is 0 Å². The zero-order chi connectivity index (χ0) is 21.6. The zero-order valence-electron chi connectivity index (χ0n) is 18.8. The normalized spacial score (nSPS) is 12.2. The highest BCUT2D eigenvalue weighted by Crippen LogP contribution is 2.11. The zero-order valence-corrected chi connectivity index (χ0v) is 19.7. The van der Waals surface area contributed by atoms with Gasteiger partial charge in [0.05, 0.1) is 0 Å². The number of unbranched alkanes of at least 4 members (excludes halogenated alkanes) is 10. The first-order chi connectivity index (χ1) is 14.1. The molecule has 0 unspecified atom stereocenters. The standard InChI is InChI=1S/C24H44O4S/c1-3-5-7-9-10-11-12-13-14-15-17-19-24(26)28-22(21-29)20-27-23(25)18-16-8-6-4-2/h5,7,22,29H,3-4,6,8-21H2,1-2H3/b7-5-/t22-/m1/s1. The van der Waals surface area contributed by atoms with E-state index in [9.17, 15) is 9.59 Å². The molecule has 0 aromatic heterocycles. The molecule has 0 amide bonds. The Labute approximate surface area is 184 Å². The Morgan fingerprint density at radius 1 is 0.793 bits per heavy atom. The van der Waals surface area contributed by atoms with Gasteiger partial charge in [0.25, 0.3) is 0 Å². The molecule has 0 fully saturated rings. The molecule has 0 heterocycles. The summed E-state index contributed by atoms with van der Waals surface area (Å²) < 4.78 is 10.6. The van der Waals surface area contributed by atoms with E-state index in [1.54, 1.807) is 0 Å². The Balaban J connectivity index is 3.62. The summed E-state index contributed by atoms with van der Waals surface area (Å²) in [4.78, 5) is 23.7. The Morgan fingerprint density at radius 2 is 1.38 bits per heavy atom. The summed E-state index contributed by atoms with van der Waals surface area (Å²) in [5.41, 5.74) is 0. The van der Waals surface area contributed by atoms with Crippen LogP contribution in [0.2, 0.25) is 0 Å².